The molecule has 0 rings (SSSR count). The maximum absolute atomic E-state index is 10.7. The highest BCUT2D eigenvalue weighted by molar-refractivity contribution is 7.86. The van der Waals surface area contributed by atoms with Crippen molar-refractivity contribution >= 4 is 10.1 Å². The molecular formula is C6H13O4S. The Morgan fingerprint density at radius 1 is 1.45 bits per heavy atom. The van der Waals surface area contributed by atoms with Gasteiger partial charge in [0.1, 0.15) is 0 Å². The largest absolute Gasteiger partial charge is 0.266 e. The maximum atomic E-state index is 10.7. The van der Waals surface area contributed by atoms with Crippen molar-refractivity contribution in [3.63, 3.8) is 0 Å². The van der Waals surface area contributed by atoms with E-state index in [4.69, 9.17) is 0 Å². The fourth-order valence-electron chi connectivity index (χ4n) is 0.614. The average molecular weight is 181 g/mol. The quantitative estimate of drug-likeness (QED) is 0.467. The molecule has 0 spiro atoms. The molecule has 0 saturated heterocycles. The highest BCUT2D eigenvalue weighted by Crippen LogP contribution is 2.04. The first-order valence-corrected chi connectivity index (χ1v) is 5.31. The van der Waals surface area contributed by atoms with E-state index in [0.717, 1.165) is 12.7 Å². The lowest BCUT2D eigenvalue weighted by atomic mass is 10.2. The molecule has 1 radical (unpaired) electrons. The predicted molar refractivity (Wildman–Crippen MR) is 39.9 cm³/mol. The lowest BCUT2D eigenvalue weighted by Gasteiger charge is -2.05. The van der Waals surface area contributed by atoms with Gasteiger partial charge in [0.25, 0.3) is 10.1 Å². The zero-order valence-corrected chi connectivity index (χ0v) is 7.56. The Morgan fingerprint density at radius 2 is 2.00 bits per heavy atom. The van der Waals surface area contributed by atoms with Crippen LogP contribution in [0, 0.1) is 0 Å². The molecule has 4 nitrogen and oxygen atoms in total. The fraction of sp³-hybridized carbons (Fsp3) is 1.00. The second-order valence-corrected chi connectivity index (χ2v) is 3.97. The minimum Gasteiger partial charge on any atom is -0.235 e. The average Bonchev–Trinajstić information content (AvgIpc) is 1.79. The van der Waals surface area contributed by atoms with Crippen LogP contribution < -0.4 is 0 Å². The highest BCUT2D eigenvalue weighted by atomic mass is 32.2. The van der Waals surface area contributed by atoms with Gasteiger partial charge in [-0.1, -0.05) is 13.3 Å². The Morgan fingerprint density at radius 3 is 2.36 bits per heavy atom. The Kier molecular flexibility index (Phi) is 4.63. The molecule has 1 atom stereocenters. The lowest BCUT2D eigenvalue weighted by Crippen LogP contribution is -2.15. The Balaban J connectivity index is 3.61. The maximum Gasteiger partial charge on any atom is 0.266 e. The second kappa shape index (κ2) is 4.69. The number of hydrogen-bond acceptors (Lipinski definition) is 3. The van der Waals surface area contributed by atoms with Gasteiger partial charge in [-0.2, -0.15) is 8.42 Å². The van der Waals surface area contributed by atoms with Crippen molar-refractivity contribution in [2.45, 2.75) is 32.5 Å². The molecular weight excluding hydrogens is 168 g/mol. The van der Waals surface area contributed by atoms with Crippen LogP contribution in [0.15, 0.2) is 0 Å². The van der Waals surface area contributed by atoms with Gasteiger partial charge >= 0.3 is 0 Å². The predicted octanol–water partition coefficient (Wildman–Crippen LogP) is 0.909. The monoisotopic (exact) mass is 181 g/mol. The minimum absolute atomic E-state index is 0.254. The third-order valence-corrected chi connectivity index (χ3v) is 1.64. The van der Waals surface area contributed by atoms with Crippen LogP contribution in [0.25, 0.3) is 0 Å². The van der Waals surface area contributed by atoms with E-state index in [1.807, 2.05) is 6.92 Å². The molecule has 0 aromatic rings. The number of hydrogen-bond donors (Lipinski definition) is 0. The highest BCUT2D eigenvalue weighted by Gasteiger charge is 2.12. The molecule has 1 unspecified atom stereocenters. The lowest BCUT2D eigenvalue weighted by molar-refractivity contribution is -0.0715. The molecule has 0 bridgehead atoms. The van der Waals surface area contributed by atoms with E-state index in [-0.39, 0.29) is 6.42 Å². The summed E-state index contributed by atoms with van der Waals surface area (Å²) in [5.74, 6) is 0. The zero-order valence-electron chi connectivity index (χ0n) is 6.74. The van der Waals surface area contributed by atoms with Crippen molar-refractivity contribution in [3.8, 4) is 0 Å². The summed E-state index contributed by atoms with van der Waals surface area (Å²) < 4.78 is 24.9. The summed E-state index contributed by atoms with van der Waals surface area (Å²) in [4.78, 5) is 0. The van der Waals surface area contributed by atoms with Gasteiger partial charge in [-0.15, -0.1) is 0 Å². The van der Waals surface area contributed by atoms with Crippen molar-refractivity contribution in [1.29, 1.82) is 0 Å². The summed E-state index contributed by atoms with van der Waals surface area (Å²) in [7, 11) is -3.57. The van der Waals surface area contributed by atoms with Crippen LogP contribution in [0.5, 0.6) is 0 Å². The molecule has 0 aliphatic carbocycles. The molecule has 0 aromatic carbocycles. The van der Waals surface area contributed by atoms with Crippen molar-refractivity contribution in [2.75, 3.05) is 6.26 Å². The van der Waals surface area contributed by atoms with Gasteiger partial charge in [-0.3, -0.25) is 0 Å². The van der Waals surface area contributed by atoms with Crippen LogP contribution in [0.4, 0.5) is 0 Å². The molecule has 0 N–H and O–H groups in total. The first-order chi connectivity index (χ1) is 4.95. The van der Waals surface area contributed by atoms with Crippen LogP contribution in [0.3, 0.4) is 0 Å². The van der Waals surface area contributed by atoms with E-state index in [0.29, 0.717) is 6.42 Å². The van der Waals surface area contributed by atoms with Crippen molar-refractivity contribution < 1.29 is 17.7 Å². The summed E-state index contributed by atoms with van der Waals surface area (Å²) in [6.45, 7) is 1.92. The van der Waals surface area contributed by atoms with E-state index < -0.39 is 16.4 Å². The molecule has 0 aliphatic rings. The molecule has 11 heavy (non-hydrogen) atoms. The first kappa shape index (κ1) is 10.9. The number of rotatable bonds is 5. The molecule has 0 aliphatic heterocycles. The molecule has 0 aromatic heterocycles. The van der Waals surface area contributed by atoms with Crippen LogP contribution >= 0.6 is 0 Å². The third-order valence-electron chi connectivity index (χ3n) is 1.08. The molecule has 0 amide bonds. The van der Waals surface area contributed by atoms with E-state index in [1.54, 1.807) is 0 Å². The summed E-state index contributed by atoms with van der Waals surface area (Å²) in [6.07, 6.45) is 1.27. The molecule has 0 saturated carbocycles. The Hall–Kier alpha value is -0.130. The minimum atomic E-state index is -3.57. The first-order valence-electron chi connectivity index (χ1n) is 3.50. The van der Waals surface area contributed by atoms with E-state index >= 15 is 0 Å². The zero-order chi connectivity index (χ0) is 8.91. The fourth-order valence-corrected chi connectivity index (χ4v) is 1.10. The van der Waals surface area contributed by atoms with Crippen molar-refractivity contribution in [1.82, 2.24) is 0 Å². The van der Waals surface area contributed by atoms with Gasteiger partial charge in [0.2, 0.25) is 6.29 Å². The van der Waals surface area contributed by atoms with E-state index in [2.05, 4.69) is 4.18 Å². The third kappa shape index (κ3) is 7.77. The van der Waals surface area contributed by atoms with Gasteiger partial charge in [-0.25, -0.2) is 9.29 Å². The Labute approximate surface area is 67.3 Å². The van der Waals surface area contributed by atoms with Crippen LogP contribution in [0.1, 0.15) is 26.2 Å². The standard InChI is InChI=1S/C6H13O4S/c1-3-4-5-6(7)10-11(2,8)9/h6H,3-5H2,1-2H3. The summed E-state index contributed by atoms with van der Waals surface area (Å²) >= 11 is 0. The van der Waals surface area contributed by atoms with Crippen LogP contribution in [0.2, 0.25) is 0 Å². The topological polar surface area (TPSA) is 63.3 Å². The van der Waals surface area contributed by atoms with Gasteiger partial charge in [-0.05, 0) is 6.42 Å². The SMILES string of the molecule is CCCCC([O])OS(C)(=O)=O. The Bertz CT molecular complexity index is 185. The molecule has 0 fully saturated rings. The van der Waals surface area contributed by atoms with Crippen molar-refractivity contribution in [3.05, 3.63) is 0 Å². The van der Waals surface area contributed by atoms with Crippen molar-refractivity contribution in [2.24, 2.45) is 0 Å². The van der Waals surface area contributed by atoms with Crippen LogP contribution in [-0.4, -0.2) is 21.0 Å². The summed E-state index contributed by atoms with van der Waals surface area (Å²) in [5, 5.41) is 10.7. The van der Waals surface area contributed by atoms with Crippen LogP contribution in [-0.2, 0) is 19.4 Å². The normalized spacial score (nSPS) is 14.8. The van der Waals surface area contributed by atoms with E-state index in [9.17, 15) is 13.5 Å². The summed E-state index contributed by atoms with van der Waals surface area (Å²) in [5.41, 5.74) is 0. The van der Waals surface area contributed by atoms with E-state index in [1.165, 1.54) is 0 Å². The molecule has 5 heteroatoms. The van der Waals surface area contributed by atoms with Gasteiger partial charge in [0.05, 0.1) is 6.26 Å². The molecule has 67 valence electrons. The second-order valence-electron chi connectivity index (χ2n) is 2.37. The van der Waals surface area contributed by atoms with Gasteiger partial charge in [0, 0.05) is 6.42 Å². The van der Waals surface area contributed by atoms with Gasteiger partial charge in [0.15, 0.2) is 0 Å². The molecule has 0 heterocycles. The smallest absolute Gasteiger partial charge is 0.235 e. The summed E-state index contributed by atoms with van der Waals surface area (Å²) in [6, 6.07) is 0. The van der Waals surface area contributed by atoms with Gasteiger partial charge < -0.3 is 0 Å². The number of unbranched alkanes of at least 4 members (excludes halogenated alkanes) is 1.